The molecule has 1 amide bonds. The van der Waals surface area contributed by atoms with E-state index < -0.39 is 34.6 Å². The van der Waals surface area contributed by atoms with Crippen molar-refractivity contribution in [2.24, 2.45) is 0 Å². The van der Waals surface area contributed by atoms with Gasteiger partial charge in [-0.25, -0.2) is 4.79 Å². The van der Waals surface area contributed by atoms with Gasteiger partial charge in [0.25, 0.3) is 0 Å². The smallest absolute Gasteiger partial charge is 0.441 e. The summed E-state index contributed by atoms with van der Waals surface area (Å²) in [4.78, 5) is 28.1. The average Bonchev–Trinajstić information content (AvgIpc) is 3.25. The van der Waals surface area contributed by atoms with E-state index in [0.717, 1.165) is 4.90 Å². The van der Waals surface area contributed by atoms with Crippen LogP contribution in [0.3, 0.4) is 0 Å². The van der Waals surface area contributed by atoms with Gasteiger partial charge in [0.15, 0.2) is 5.41 Å². The fourth-order valence-electron chi connectivity index (χ4n) is 4.45. The highest BCUT2D eigenvalue weighted by Crippen LogP contribution is 2.62. The van der Waals surface area contributed by atoms with Crippen molar-refractivity contribution < 1.29 is 32.2 Å². The van der Waals surface area contributed by atoms with E-state index in [4.69, 9.17) is 9.47 Å². The number of carbonyl (C=O) groups is 2. The maximum Gasteiger partial charge on any atom is 0.441 e. The second kappa shape index (κ2) is 8.06. The molecule has 0 fully saturated rings. The molecule has 0 bridgehead atoms. The molecule has 0 unspecified atom stereocenters. The zero-order valence-corrected chi connectivity index (χ0v) is 19.3. The Morgan fingerprint density at radius 1 is 1.24 bits per heavy atom. The summed E-state index contributed by atoms with van der Waals surface area (Å²) in [5.41, 5.74) is -6.46. The van der Waals surface area contributed by atoms with Gasteiger partial charge in [-0.1, -0.05) is 30.3 Å². The van der Waals surface area contributed by atoms with Crippen molar-refractivity contribution in [2.75, 3.05) is 11.5 Å². The lowest BCUT2D eigenvalue weighted by Crippen LogP contribution is -2.68. The van der Waals surface area contributed by atoms with E-state index in [1.807, 2.05) is 22.6 Å². The highest BCUT2D eigenvalue weighted by molar-refractivity contribution is 14.1. The van der Waals surface area contributed by atoms with Crippen LogP contribution in [-0.4, -0.2) is 30.3 Å². The molecular formula is C23H16F3IN2O4. The van der Waals surface area contributed by atoms with E-state index in [1.165, 1.54) is 19.1 Å². The molecule has 0 saturated carbocycles. The van der Waals surface area contributed by atoms with E-state index in [1.54, 1.807) is 42.5 Å². The van der Waals surface area contributed by atoms with Crippen LogP contribution in [0.5, 0.6) is 0 Å². The molecule has 2 aliphatic heterocycles. The summed E-state index contributed by atoms with van der Waals surface area (Å²) in [6, 6.07) is 14.9. The van der Waals surface area contributed by atoms with E-state index in [9.17, 15) is 28.0 Å². The topological polar surface area (TPSA) is 79.6 Å². The fraction of sp³-hybridized carbons (Fsp3) is 0.261. The number of ether oxygens (including phenoxy) is 2. The normalized spacial score (nSPS) is 23.7. The van der Waals surface area contributed by atoms with Gasteiger partial charge in [-0.2, -0.15) is 18.4 Å². The molecule has 0 N–H and O–H groups in total. The van der Waals surface area contributed by atoms with Crippen LogP contribution in [0.4, 0.5) is 18.9 Å². The van der Waals surface area contributed by atoms with Crippen LogP contribution in [-0.2, 0) is 31.0 Å². The van der Waals surface area contributed by atoms with Crippen LogP contribution in [0, 0.1) is 14.9 Å². The van der Waals surface area contributed by atoms with Gasteiger partial charge in [0.1, 0.15) is 6.26 Å². The minimum absolute atomic E-state index is 0.0650. The zero-order chi connectivity index (χ0) is 24.0. The third-order valence-electron chi connectivity index (χ3n) is 5.77. The fourth-order valence-corrected chi connectivity index (χ4v) is 4.94. The number of hydrogen-bond acceptors (Lipinski definition) is 5. The predicted molar refractivity (Wildman–Crippen MR) is 119 cm³/mol. The second-order valence-electron chi connectivity index (χ2n) is 7.45. The second-order valence-corrected chi connectivity index (χ2v) is 8.69. The molecule has 4 rings (SSSR count). The van der Waals surface area contributed by atoms with Crippen molar-refractivity contribution >= 4 is 40.2 Å². The van der Waals surface area contributed by atoms with Gasteiger partial charge in [-0.05, 0) is 53.3 Å². The molecule has 2 aromatic rings. The summed E-state index contributed by atoms with van der Waals surface area (Å²) in [5, 5.41) is 9.80. The third kappa shape index (κ3) is 3.05. The standard InChI is InChI=1S/C23H16F3IN2O4/c1-2-32-20(31)22(23(24,25)26)21(15(11-28)13-33-22)17-10-16(27)8-9-18(17)29(19(21)30)12-14-6-4-3-5-7-14/h3-10,13H,2,12H2,1H3/t21-,22+/m0/s1. The molecule has 0 aliphatic carbocycles. The van der Waals surface area contributed by atoms with Gasteiger partial charge >= 0.3 is 17.7 Å². The third-order valence-corrected chi connectivity index (χ3v) is 6.44. The summed E-state index contributed by atoms with van der Waals surface area (Å²) < 4.78 is 54.6. The first-order valence-corrected chi connectivity index (χ1v) is 10.9. The molecule has 2 heterocycles. The molecule has 2 aromatic carbocycles. The maximum absolute atomic E-state index is 14.8. The number of hydrogen-bond donors (Lipinski definition) is 0. The number of rotatable bonds is 4. The van der Waals surface area contributed by atoms with Crippen LogP contribution < -0.4 is 4.90 Å². The summed E-state index contributed by atoms with van der Waals surface area (Å²) in [7, 11) is 0. The average molecular weight is 568 g/mol. The van der Waals surface area contributed by atoms with Gasteiger partial charge in [-0.3, -0.25) is 4.79 Å². The number of nitriles is 1. The first kappa shape index (κ1) is 23.1. The van der Waals surface area contributed by atoms with E-state index in [-0.39, 0.29) is 24.4 Å². The van der Waals surface area contributed by atoms with Gasteiger partial charge in [0.2, 0.25) is 5.91 Å². The van der Waals surface area contributed by atoms with Crippen LogP contribution in [0.25, 0.3) is 0 Å². The lowest BCUT2D eigenvalue weighted by atomic mass is 9.64. The minimum Gasteiger partial charge on any atom is -0.472 e. The monoisotopic (exact) mass is 568 g/mol. The number of alkyl halides is 3. The first-order chi connectivity index (χ1) is 15.6. The zero-order valence-electron chi connectivity index (χ0n) is 17.1. The highest BCUT2D eigenvalue weighted by Gasteiger charge is 2.84. The van der Waals surface area contributed by atoms with E-state index >= 15 is 0 Å². The van der Waals surface area contributed by atoms with Gasteiger partial charge in [0, 0.05) is 14.8 Å². The van der Waals surface area contributed by atoms with Crippen molar-refractivity contribution in [2.45, 2.75) is 30.7 Å². The molecule has 1 spiro atoms. The summed E-state index contributed by atoms with van der Waals surface area (Å²) in [6.07, 6.45) is -4.83. The summed E-state index contributed by atoms with van der Waals surface area (Å²) in [6.45, 7) is 0.904. The quantitative estimate of drug-likeness (QED) is 0.405. The Hall–Kier alpha value is -3.07. The number of benzene rings is 2. The van der Waals surface area contributed by atoms with Crippen LogP contribution >= 0.6 is 22.6 Å². The number of carbonyl (C=O) groups excluding carboxylic acids is 2. The molecule has 0 aromatic heterocycles. The predicted octanol–water partition coefficient (Wildman–Crippen LogP) is 4.38. The van der Waals surface area contributed by atoms with Gasteiger partial charge in [0.05, 0.1) is 24.8 Å². The van der Waals surface area contributed by atoms with Crippen LogP contribution in [0.1, 0.15) is 18.1 Å². The van der Waals surface area contributed by atoms with Crippen molar-refractivity contribution in [3.8, 4) is 6.07 Å². The lowest BCUT2D eigenvalue weighted by molar-refractivity contribution is -0.271. The highest BCUT2D eigenvalue weighted by atomic mass is 127. The molecule has 0 radical (unpaired) electrons. The molecule has 170 valence electrons. The molecule has 10 heteroatoms. The number of nitrogens with zero attached hydrogens (tertiary/aromatic N) is 2. The Morgan fingerprint density at radius 2 is 1.94 bits per heavy atom. The molecule has 6 nitrogen and oxygen atoms in total. The molecular weight excluding hydrogens is 552 g/mol. The van der Waals surface area contributed by atoms with Gasteiger partial charge < -0.3 is 14.4 Å². The van der Waals surface area contributed by atoms with E-state index in [0.29, 0.717) is 15.4 Å². The molecule has 2 atom stereocenters. The SMILES string of the molecule is CCOC(=O)[C@@]1(C(F)(F)F)OC=C(C#N)[C@]12C(=O)N(Cc1ccccc1)c1ccc(I)cc12. The van der Waals surface area contributed by atoms with Crippen molar-refractivity contribution in [1.82, 2.24) is 0 Å². The van der Waals surface area contributed by atoms with Crippen LogP contribution in [0.15, 0.2) is 60.4 Å². The summed E-state index contributed by atoms with van der Waals surface area (Å²) >= 11 is 1.90. The minimum atomic E-state index is -5.38. The maximum atomic E-state index is 14.8. The van der Waals surface area contributed by atoms with Crippen molar-refractivity contribution in [3.05, 3.63) is 75.1 Å². The number of esters is 1. The first-order valence-electron chi connectivity index (χ1n) is 9.83. The number of amides is 1. The van der Waals surface area contributed by atoms with E-state index in [2.05, 4.69) is 0 Å². The van der Waals surface area contributed by atoms with Crippen molar-refractivity contribution in [3.63, 3.8) is 0 Å². The largest absolute Gasteiger partial charge is 0.472 e. The summed E-state index contributed by atoms with van der Waals surface area (Å²) in [5.74, 6) is -2.86. The van der Waals surface area contributed by atoms with Gasteiger partial charge in [-0.15, -0.1) is 0 Å². The number of anilines is 1. The lowest BCUT2D eigenvalue weighted by Gasteiger charge is -2.40. The number of fused-ring (bicyclic) bond motifs is 2. The molecule has 2 aliphatic rings. The Bertz CT molecular complexity index is 1210. The Morgan fingerprint density at radius 3 is 2.55 bits per heavy atom. The molecule has 33 heavy (non-hydrogen) atoms. The molecule has 0 saturated heterocycles. The Kier molecular flexibility index (Phi) is 5.64. The van der Waals surface area contributed by atoms with Crippen molar-refractivity contribution in [1.29, 1.82) is 5.26 Å². The Balaban J connectivity index is 2.05. The van der Waals surface area contributed by atoms with Crippen LogP contribution in [0.2, 0.25) is 0 Å². The number of halogens is 4. The Labute approximate surface area is 200 Å².